The van der Waals surface area contributed by atoms with E-state index < -0.39 is 40.0 Å². The second kappa shape index (κ2) is 11.4. The molecule has 0 radical (unpaired) electrons. The summed E-state index contributed by atoms with van der Waals surface area (Å²) in [6.07, 6.45) is 7.99. The van der Waals surface area contributed by atoms with Gasteiger partial charge in [0.25, 0.3) is 0 Å². The minimum atomic E-state index is -2.21. The molecule has 0 unspecified atom stereocenters. The van der Waals surface area contributed by atoms with Gasteiger partial charge in [0.1, 0.15) is 10.9 Å². The molecular formula is C30H27F5N4OS. The smallest absolute Gasteiger partial charge is 0.245 e. The number of imidazole rings is 1. The lowest BCUT2D eigenvalue weighted by molar-refractivity contribution is -0.124. The maximum absolute atomic E-state index is 14.4. The van der Waals surface area contributed by atoms with Crippen molar-refractivity contribution in [2.45, 2.75) is 61.9 Å². The molecule has 1 saturated heterocycles. The maximum atomic E-state index is 14.4. The topological polar surface area (TPSA) is 52.2 Å². The van der Waals surface area contributed by atoms with Crippen molar-refractivity contribution in [3.63, 3.8) is 0 Å². The molecule has 214 valence electrons. The van der Waals surface area contributed by atoms with E-state index in [9.17, 15) is 26.7 Å². The Balaban J connectivity index is 1.27. The van der Waals surface area contributed by atoms with Gasteiger partial charge in [0.15, 0.2) is 23.3 Å². The zero-order valence-corrected chi connectivity index (χ0v) is 22.8. The molecule has 2 aliphatic rings. The number of aromatic amines is 1. The highest BCUT2D eigenvalue weighted by Crippen LogP contribution is 2.39. The fourth-order valence-corrected chi connectivity index (χ4v) is 6.68. The summed E-state index contributed by atoms with van der Waals surface area (Å²) >= 11 is 0.371. The molecule has 1 atom stereocenters. The SMILES string of the molecule is O=C([C@H]1CCN1Sc1c(F)c(F)c(F)c(F)c1F)N(Cc1ccc(C2CCCCC2)cc1)c1ccc2nc[nH]c2c1. The van der Waals surface area contributed by atoms with E-state index in [2.05, 4.69) is 22.1 Å². The van der Waals surface area contributed by atoms with Crippen LogP contribution >= 0.6 is 11.9 Å². The zero-order chi connectivity index (χ0) is 28.7. The summed E-state index contributed by atoms with van der Waals surface area (Å²) in [7, 11) is 0. The first-order valence-corrected chi connectivity index (χ1v) is 14.4. The predicted octanol–water partition coefficient (Wildman–Crippen LogP) is 7.62. The van der Waals surface area contributed by atoms with Crippen molar-refractivity contribution in [1.29, 1.82) is 0 Å². The molecule has 5 nitrogen and oxygen atoms in total. The number of benzene rings is 3. The number of halogens is 5. The van der Waals surface area contributed by atoms with Gasteiger partial charge >= 0.3 is 0 Å². The van der Waals surface area contributed by atoms with Crippen LogP contribution in [0.1, 0.15) is 55.6 Å². The quantitative estimate of drug-likeness (QED) is 0.105. The third kappa shape index (κ3) is 5.32. The minimum absolute atomic E-state index is 0.237. The van der Waals surface area contributed by atoms with Gasteiger partial charge in [-0.05, 0) is 66.5 Å². The summed E-state index contributed by atoms with van der Waals surface area (Å²) in [6, 6.07) is 12.8. The Bertz CT molecular complexity index is 1560. The maximum Gasteiger partial charge on any atom is 0.245 e. The van der Waals surface area contributed by atoms with Gasteiger partial charge in [0.2, 0.25) is 11.7 Å². The van der Waals surface area contributed by atoms with E-state index in [4.69, 9.17) is 0 Å². The van der Waals surface area contributed by atoms with E-state index in [1.54, 1.807) is 29.4 Å². The largest absolute Gasteiger partial charge is 0.345 e. The van der Waals surface area contributed by atoms with E-state index in [0.717, 1.165) is 16.6 Å². The zero-order valence-electron chi connectivity index (χ0n) is 22.0. The standard InChI is InChI=1S/C30H27F5N4OS/c31-24-25(32)27(34)29(28(35)26(24)33)41-39-13-12-23(39)30(40)38(20-10-11-21-22(14-20)37-16-36-21)15-17-6-8-19(9-7-17)18-4-2-1-3-5-18/h6-11,14,16,18,23H,1-5,12-13,15H2,(H,36,37)/t23-/m1/s1. The number of H-pyrrole nitrogens is 1. The lowest BCUT2D eigenvalue weighted by Crippen LogP contribution is -2.54. The molecule has 2 heterocycles. The lowest BCUT2D eigenvalue weighted by Gasteiger charge is -2.41. The number of aromatic nitrogens is 2. The molecule has 3 aromatic carbocycles. The Morgan fingerprint density at radius 2 is 1.59 bits per heavy atom. The molecule has 4 aromatic rings. The molecular weight excluding hydrogens is 559 g/mol. The van der Waals surface area contributed by atoms with Crippen molar-refractivity contribution in [2.24, 2.45) is 0 Å². The Morgan fingerprint density at radius 1 is 0.902 bits per heavy atom. The molecule has 1 aliphatic heterocycles. The molecule has 0 bridgehead atoms. The van der Waals surface area contributed by atoms with E-state index in [1.807, 2.05) is 12.1 Å². The molecule has 1 aliphatic carbocycles. The lowest BCUT2D eigenvalue weighted by atomic mass is 9.84. The minimum Gasteiger partial charge on any atom is -0.345 e. The average molecular weight is 587 g/mol. The Hall–Kier alpha value is -3.44. The van der Waals surface area contributed by atoms with Gasteiger partial charge in [-0.3, -0.25) is 4.79 Å². The number of fused-ring (bicyclic) bond motifs is 1. The van der Waals surface area contributed by atoms with Crippen LogP contribution < -0.4 is 4.90 Å². The van der Waals surface area contributed by atoms with Crippen molar-refractivity contribution in [2.75, 3.05) is 11.4 Å². The van der Waals surface area contributed by atoms with Gasteiger partial charge in [-0.1, -0.05) is 43.5 Å². The fraction of sp³-hybridized carbons (Fsp3) is 0.333. The number of anilines is 1. The van der Waals surface area contributed by atoms with E-state index in [1.165, 1.54) is 42.0 Å². The second-order valence-electron chi connectivity index (χ2n) is 10.5. The predicted molar refractivity (Wildman–Crippen MR) is 147 cm³/mol. The number of carbonyl (C=O) groups is 1. The Morgan fingerprint density at radius 3 is 2.24 bits per heavy atom. The van der Waals surface area contributed by atoms with Crippen LogP contribution in [0.2, 0.25) is 0 Å². The summed E-state index contributed by atoms with van der Waals surface area (Å²) in [5.74, 6) is -9.87. The number of nitrogens with one attached hydrogen (secondary N) is 1. The van der Waals surface area contributed by atoms with Crippen LogP contribution in [0.15, 0.2) is 53.7 Å². The van der Waals surface area contributed by atoms with Crippen molar-refractivity contribution in [3.05, 3.63) is 89.0 Å². The number of hydrogen-bond acceptors (Lipinski definition) is 4. The molecule has 1 N–H and O–H groups in total. The average Bonchev–Trinajstić information content (AvgIpc) is 3.46. The van der Waals surface area contributed by atoms with Gasteiger partial charge < -0.3 is 9.88 Å². The van der Waals surface area contributed by atoms with E-state index in [-0.39, 0.29) is 19.0 Å². The number of rotatable bonds is 7. The van der Waals surface area contributed by atoms with E-state index >= 15 is 0 Å². The van der Waals surface area contributed by atoms with Gasteiger partial charge in [-0.25, -0.2) is 31.2 Å². The number of hydrogen-bond donors (Lipinski definition) is 1. The van der Waals surface area contributed by atoms with Crippen LogP contribution in [-0.4, -0.2) is 32.8 Å². The van der Waals surface area contributed by atoms with E-state index in [0.29, 0.717) is 30.0 Å². The van der Waals surface area contributed by atoms with Crippen molar-refractivity contribution in [3.8, 4) is 0 Å². The molecule has 6 rings (SSSR count). The Labute approximate surface area is 237 Å². The van der Waals surface area contributed by atoms with Crippen molar-refractivity contribution in [1.82, 2.24) is 14.3 Å². The molecule has 1 saturated carbocycles. The summed E-state index contributed by atoms with van der Waals surface area (Å²) in [5, 5.41) is 0. The highest BCUT2D eigenvalue weighted by Gasteiger charge is 2.40. The highest BCUT2D eigenvalue weighted by atomic mass is 32.2. The van der Waals surface area contributed by atoms with Crippen LogP contribution in [0.4, 0.5) is 27.6 Å². The molecule has 0 spiro atoms. The fourth-order valence-electron chi connectivity index (χ4n) is 5.58. The molecule has 41 heavy (non-hydrogen) atoms. The van der Waals surface area contributed by atoms with Gasteiger partial charge in [-0.15, -0.1) is 0 Å². The third-order valence-corrected chi connectivity index (χ3v) is 9.22. The van der Waals surface area contributed by atoms with Gasteiger partial charge in [0, 0.05) is 12.2 Å². The first-order chi connectivity index (χ1) is 19.8. The van der Waals surface area contributed by atoms with Crippen LogP contribution in [0.25, 0.3) is 11.0 Å². The van der Waals surface area contributed by atoms with Crippen molar-refractivity contribution >= 4 is 34.6 Å². The molecule has 1 aromatic heterocycles. The van der Waals surface area contributed by atoms with Gasteiger partial charge in [-0.2, -0.15) is 0 Å². The molecule has 2 fully saturated rings. The Kier molecular flexibility index (Phi) is 7.74. The van der Waals surface area contributed by atoms with Gasteiger partial charge in [0.05, 0.1) is 23.9 Å². The monoisotopic (exact) mass is 586 g/mol. The highest BCUT2D eigenvalue weighted by molar-refractivity contribution is 7.97. The van der Waals surface area contributed by atoms with Crippen LogP contribution in [0.3, 0.4) is 0 Å². The van der Waals surface area contributed by atoms with Crippen LogP contribution in [0.5, 0.6) is 0 Å². The first-order valence-electron chi connectivity index (χ1n) is 13.6. The number of nitrogens with zero attached hydrogens (tertiary/aromatic N) is 3. The van der Waals surface area contributed by atoms with Crippen LogP contribution in [-0.2, 0) is 11.3 Å². The summed E-state index contributed by atoms with van der Waals surface area (Å²) in [5.41, 5.74) is 4.24. The molecule has 1 amide bonds. The third-order valence-electron chi connectivity index (χ3n) is 8.01. The van der Waals surface area contributed by atoms with Crippen LogP contribution in [0, 0.1) is 29.1 Å². The molecule has 11 heteroatoms. The second-order valence-corrected chi connectivity index (χ2v) is 11.6. The summed E-state index contributed by atoms with van der Waals surface area (Å²) < 4.78 is 71.2. The summed E-state index contributed by atoms with van der Waals surface area (Å²) in [4.78, 5) is 21.8. The number of amides is 1. The summed E-state index contributed by atoms with van der Waals surface area (Å²) in [6.45, 7) is 0.477. The van der Waals surface area contributed by atoms with Crippen molar-refractivity contribution < 1.29 is 26.7 Å². The number of carbonyl (C=O) groups excluding carboxylic acids is 1. The normalized spacial score (nSPS) is 18.0. The first kappa shape index (κ1) is 27.7.